The normalized spacial score (nSPS) is 19.6. The van der Waals surface area contributed by atoms with E-state index in [-0.39, 0.29) is 18.0 Å². The molecular formula is C16H25N3O. The van der Waals surface area contributed by atoms with E-state index in [1.54, 1.807) is 6.20 Å². The van der Waals surface area contributed by atoms with Crippen LogP contribution in [0.5, 0.6) is 0 Å². The van der Waals surface area contributed by atoms with Gasteiger partial charge in [0.15, 0.2) is 0 Å². The fraction of sp³-hybridized carbons (Fsp3) is 0.625. The summed E-state index contributed by atoms with van der Waals surface area (Å²) in [7, 11) is 0. The molecule has 2 rings (SSSR count). The smallest absolute Gasteiger partial charge is 0.240 e. The Balaban J connectivity index is 2.05. The second kappa shape index (κ2) is 7.39. The number of aromatic nitrogens is 1. The molecule has 1 aromatic heterocycles. The minimum atomic E-state index is -0.0244. The first-order valence-electron chi connectivity index (χ1n) is 7.62. The number of carbonyl (C=O) groups excluding carboxylic acids is 1. The molecule has 0 spiro atoms. The molecule has 1 N–H and O–H groups in total. The Morgan fingerprint density at radius 1 is 1.40 bits per heavy atom. The van der Waals surface area contributed by atoms with Crippen LogP contribution in [0.25, 0.3) is 0 Å². The maximum Gasteiger partial charge on any atom is 0.240 e. The van der Waals surface area contributed by atoms with Gasteiger partial charge in [-0.15, -0.1) is 0 Å². The van der Waals surface area contributed by atoms with E-state index in [4.69, 9.17) is 0 Å². The lowest BCUT2D eigenvalue weighted by Crippen LogP contribution is -2.48. The second-order valence-corrected chi connectivity index (χ2v) is 5.74. The van der Waals surface area contributed by atoms with Crippen LogP contribution in [0.2, 0.25) is 0 Å². The molecule has 20 heavy (non-hydrogen) atoms. The third-order valence-corrected chi connectivity index (χ3v) is 3.82. The third-order valence-electron chi connectivity index (χ3n) is 3.82. The topological polar surface area (TPSA) is 45.2 Å². The molecule has 1 fully saturated rings. The van der Waals surface area contributed by atoms with Crippen molar-refractivity contribution >= 4 is 5.91 Å². The molecule has 1 atom stereocenters. The Morgan fingerprint density at radius 2 is 2.25 bits per heavy atom. The molecule has 4 nitrogen and oxygen atoms in total. The van der Waals surface area contributed by atoms with Gasteiger partial charge < -0.3 is 10.2 Å². The van der Waals surface area contributed by atoms with Crippen LogP contribution in [-0.4, -0.2) is 34.4 Å². The molecule has 1 aromatic rings. The predicted octanol–water partition coefficient (Wildman–Crippen LogP) is 2.35. The van der Waals surface area contributed by atoms with E-state index in [2.05, 4.69) is 24.1 Å². The largest absolute Gasteiger partial charge is 0.333 e. The van der Waals surface area contributed by atoms with Crippen LogP contribution in [0, 0.1) is 0 Å². The average molecular weight is 275 g/mol. The molecule has 0 aromatic carbocycles. The molecule has 4 heteroatoms. The highest BCUT2D eigenvalue weighted by Crippen LogP contribution is 2.14. The number of nitrogens with one attached hydrogen (secondary N) is 1. The van der Waals surface area contributed by atoms with Crippen molar-refractivity contribution in [1.29, 1.82) is 0 Å². The molecule has 0 radical (unpaired) electrons. The molecule has 1 saturated heterocycles. The van der Waals surface area contributed by atoms with E-state index in [1.165, 1.54) is 12.8 Å². The predicted molar refractivity (Wildman–Crippen MR) is 80.2 cm³/mol. The molecule has 1 amide bonds. The van der Waals surface area contributed by atoms with E-state index < -0.39 is 0 Å². The number of hydrogen-bond donors (Lipinski definition) is 1. The van der Waals surface area contributed by atoms with Crippen molar-refractivity contribution in [2.45, 2.75) is 58.2 Å². The Hall–Kier alpha value is -1.42. The van der Waals surface area contributed by atoms with Crippen molar-refractivity contribution in [1.82, 2.24) is 15.2 Å². The summed E-state index contributed by atoms with van der Waals surface area (Å²) in [6.45, 7) is 5.68. The van der Waals surface area contributed by atoms with E-state index in [0.717, 1.165) is 25.1 Å². The average Bonchev–Trinajstić information content (AvgIpc) is 2.74. The van der Waals surface area contributed by atoms with Crippen LogP contribution < -0.4 is 5.32 Å². The van der Waals surface area contributed by atoms with Crippen LogP contribution in [-0.2, 0) is 11.3 Å². The van der Waals surface area contributed by atoms with Gasteiger partial charge in [-0.25, -0.2) is 0 Å². The lowest BCUT2D eigenvalue weighted by molar-refractivity contribution is -0.136. The minimum absolute atomic E-state index is 0.0244. The highest BCUT2D eigenvalue weighted by Gasteiger charge is 2.26. The molecule has 1 unspecified atom stereocenters. The number of carbonyl (C=O) groups is 1. The van der Waals surface area contributed by atoms with Gasteiger partial charge in [0.1, 0.15) is 0 Å². The Kier molecular flexibility index (Phi) is 5.53. The lowest BCUT2D eigenvalue weighted by atomic mass is 10.1. The first kappa shape index (κ1) is 15.0. The summed E-state index contributed by atoms with van der Waals surface area (Å²) < 4.78 is 0. The first-order valence-corrected chi connectivity index (χ1v) is 7.62. The maximum atomic E-state index is 12.7. The van der Waals surface area contributed by atoms with Gasteiger partial charge in [-0.3, -0.25) is 9.78 Å². The molecular weight excluding hydrogens is 250 g/mol. The number of hydrogen-bond acceptors (Lipinski definition) is 3. The summed E-state index contributed by atoms with van der Waals surface area (Å²) in [6, 6.07) is 6.01. The fourth-order valence-corrected chi connectivity index (χ4v) is 2.62. The molecule has 0 aliphatic carbocycles. The fourth-order valence-electron chi connectivity index (χ4n) is 2.62. The number of pyridine rings is 1. The standard InChI is InChI=1S/C16H25N3O/c1-13(2)19(12-14-8-5-7-10-17-14)16(20)15-9-4-3-6-11-18-15/h5,7-8,10,13,15,18H,3-4,6,9,11-12H2,1-2H3. The van der Waals surface area contributed by atoms with Crippen LogP contribution in [0.1, 0.15) is 45.2 Å². The second-order valence-electron chi connectivity index (χ2n) is 5.74. The first-order chi connectivity index (χ1) is 9.68. The quantitative estimate of drug-likeness (QED) is 0.917. The van der Waals surface area contributed by atoms with Gasteiger partial charge in [-0.05, 0) is 45.4 Å². The third kappa shape index (κ3) is 4.04. The van der Waals surface area contributed by atoms with Gasteiger partial charge in [0, 0.05) is 12.2 Å². The van der Waals surface area contributed by atoms with E-state index in [9.17, 15) is 4.79 Å². The van der Waals surface area contributed by atoms with E-state index >= 15 is 0 Å². The van der Waals surface area contributed by atoms with Gasteiger partial charge in [0.2, 0.25) is 5.91 Å². The van der Waals surface area contributed by atoms with Crippen molar-refractivity contribution < 1.29 is 4.79 Å². The summed E-state index contributed by atoms with van der Waals surface area (Å²) >= 11 is 0. The van der Waals surface area contributed by atoms with Crippen LogP contribution in [0.3, 0.4) is 0 Å². The Labute approximate surface area is 121 Å². The van der Waals surface area contributed by atoms with Gasteiger partial charge in [-0.1, -0.05) is 18.9 Å². The molecule has 110 valence electrons. The zero-order valence-corrected chi connectivity index (χ0v) is 12.5. The molecule has 1 aliphatic rings. The summed E-state index contributed by atoms with van der Waals surface area (Å²) in [4.78, 5) is 19.0. The highest BCUT2D eigenvalue weighted by atomic mass is 16.2. The summed E-state index contributed by atoms with van der Waals surface area (Å²) in [5.74, 6) is 0.215. The monoisotopic (exact) mass is 275 g/mol. The van der Waals surface area contributed by atoms with Crippen molar-refractivity contribution in [3.8, 4) is 0 Å². The van der Waals surface area contributed by atoms with Gasteiger partial charge in [-0.2, -0.15) is 0 Å². The van der Waals surface area contributed by atoms with Crippen molar-refractivity contribution in [3.63, 3.8) is 0 Å². The molecule has 0 bridgehead atoms. The van der Waals surface area contributed by atoms with Crippen LogP contribution in [0.15, 0.2) is 24.4 Å². The molecule has 1 aliphatic heterocycles. The van der Waals surface area contributed by atoms with Crippen molar-refractivity contribution in [2.75, 3.05) is 6.54 Å². The van der Waals surface area contributed by atoms with Crippen LogP contribution >= 0.6 is 0 Å². The van der Waals surface area contributed by atoms with Gasteiger partial charge in [0.25, 0.3) is 0 Å². The van der Waals surface area contributed by atoms with Gasteiger partial charge >= 0.3 is 0 Å². The van der Waals surface area contributed by atoms with E-state index in [1.807, 2.05) is 23.1 Å². The summed E-state index contributed by atoms with van der Waals surface area (Å²) in [6.07, 6.45) is 6.26. The van der Waals surface area contributed by atoms with Crippen molar-refractivity contribution in [3.05, 3.63) is 30.1 Å². The highest BCUT2D eigenvalue weighted by molar-refractivity contribution is 5.82. The number of rotatable bonds is 4. The van der Waals surface area contributed by atoms with Gasteiger partial charge in [0.05, 0.1) is 18.3 Å². The Morgan fingerprint density at radius 3 is 2.95 bits per heavy atom. The minimum Gasteiger partial charge on any atom is -0.333 e. The summed E-state index contributed by atoms with van der Waals surface area (Å²) in [5, 5.41) is 3.39. The zero-order chi connectivity index (χ0) is 14.4. The number of amides is 1. The SMILES string of the molecule is CC(C)N(Cc1ccccn1)C(=O)C1CCCCCN1. The molecule has 2 heterocycles. The number of nitrogens with zero attached hydrogens (tertiary/aromatic N) is 2. The Bertz CT molecular complexity index is 411. The van der Waals surface area contributed by atoms with Crippen LogP contribution in [0.4, 0.5) is 0 Å². The maximum absolute atomic E-state index is 12.7. The summed E-state index contributed by atoms with van der Waals surface area (Å²) in [5.41, 5.74) is 0.947. The van der Waals surface area contributed by atoms with E-state index in [0.29, 0.717) is 6.54 Å². The molecule has 0 saturated carbocycles. The zero-order valence-electron chi connectivity index (χ0n) is 12.5. The van der Waals surface area contributed by atoms with Crippen molar-refractivity contribution in [2.24, 2.45) is 0 Å². The lowest BCUT2D eigenvalue weighted by Gasteiger charge is -2.30.